The van der Waals surface area contributed by atoms with E-state index in [1.54, 1.807) is 6.92 Å². The molecule has 0 saturated heterocycles. The lowest BCUT2D eigenvalue weighted by Gasteiger charge is -2.15. The largest absolute Gasteiger partial charge is 0.405 e. The normalized spacial score (nSPS) is 12.1. The first-order chi connectivity index (χ1) is 17.3. The number of aldehydes is 1. The van der Waals surface area contributed by atoms with Crippen LogP contribution in [0.15, 0.2) is 24.3 Å². The Morgan fingerprint density at radius 1 is 1.08 bits per heavy atom. The summed E-state index contributed by atoms with van der Waals surface area (Å²) >= 11 is 1.46. The second-order valence-corrected chi connectivity index (χ2v) is 9.36. The number of aryl methyl sites for hydroxylation is 1. The van der Waals surface area contributed by atoms with E-state index in [-0.39, 0.29) is 11.9 Å². The van der Waals surface area contributed by atoms with E-state index in [1.165, 1.54) is 25.2 Å². The number of aromatic nitrogens is 3. The van der Waals surface area contributed by atoms with Crippen molar-refractivity contribution in [1.29, 1.82) is 0 Å². The SMILES string of the molecule is CC.CC(C)(O)O.CCC(C=O)CCNc1nc(NCC(F)(F)F)nc(C)c1-c1nc2ccccc2s1. The van der Waals surface area contributed by atoms with Gasteiger partial charge in [0.05, 0.1) is 21.5 Å². The number of para-hydroxylation sites is 1. The van der Waals surface area contributed by atoms with Gasteiger partial charge in [-0.1, -0.05) is 32.9 Å². The fraction of sp³-hybridized carbons (Fsp3) is 0.520. The molecule has 3 aromatic rings. The van der Waals surface area contributed by atoms with Gasteiger partial charge in [0.25, 0.3) is 0 Å². The van der Waals surface area contributed by atoms with E-state index in [1.807, 2.05) is 45.0 Å². The fourth-order valence-corrected chi connectivity index (χ4v) is 4.00. The third kappa shape index (κ3) is 11.8. The number of benzene rings is 1. The molecular formula is C25H36F3N5O3S. The van der Waals surface area contributed by atoms with Gasteiger partial charge in [-0.3, -0.25) is 0 Å². The molecule has 0 bridgehead atoms. The van der Waals surface area contributed by atoms with Crippen LogP contribution < -0.4 is 10.6 Å². The predicted octanol–water partition coefficient (Wildman–Crippen LogP) is 5.80. The summed E-state index contributed by atoms with van der Waals surface area (Å²) in [7, 11) is 0. The van der Waals surface area contributed by atoms with Crippen LogP contribution in [0.4, 0.5) is 24.9 Å². The number of hydrogen-bond donors (Lipinski definition) is 4. The van der Waals surface area contributed by atoms with Gasteiger partial charge in [-0.05, 0) is 45.7 Å². The van der Waals surface area contributed by atoms with Crippen LogP contribution in [-0.2, 0) is 4.79 Å². The number of halogens is 3. The zero-order valence-electron chi connectivity index (χ0n) is 22.0. The number of hydrogen-bond acceptors (Lipinski definition) is 9. The first-order valence-electron chi connectivity index (χ1n) is 12.0. The Morgan fingerprint density at radius 2 is 1.70 bits per heavy atom. The quantitative estimate of drug-likeness (QED) is 0.198. The number of aliphatic hydroxyl groups is 2. The van der Waals surface area contributed by atoms with Gasteiger partial charge in [0.1, 0.15) is 23.7 Å². The van der Waals surface area contributed by atoms with Crippen LogP contribution in [0.1, 0.15) is 53.2 Å². The minimum atomic E-state index is -4.38. The highest BCUT2D eigenvalue weighted by atomic mass is 32.1. The Balaban J connectivity index is 0.000000874. The lowest BCUT2D eigenvalue weighted by atomic mass is 10.0. The first-order valence-corrected chi connectivity index (χ1v) is 12.8. The second-order valence-electron chi connectivity index (χ2n) is 8.33. The molecular weight excluding hydrogens is 507 g/mol. The Bertz CT molecular complexity index is 1080. The molecule has 2 heterocycles. The van der Waals surface area contributed by atoms with Gasteiger partial charge in [-0.15, -0.1) is 11.3 Å². The number of carbonyl (C=O) groups excluding carboxylic acids is 1. The molecule has 1 unspecified atom stereocenters. The minimum absolute atomic E-state index is 0.0887. The van der Waals surface area contributed by atoms with E-state index in [0.29, 0.717) is 35.0 Å². The van der Waals surface area contributed by atoms with Crippen LogP contribution in [-0.4, -0.2) is 56.5 Å². The van der Waals surface area contributed by atoms with Gasteiger partial charge < -0.3 is 25.6 Å². The van der Waals surface area contributed by atoms with Crippen LogP contribution in [0.5, 0.6) is 0 Å². The summed E-state index contributed by atoms with van der Waals surface area (Å²) in [5.41, 5.74) is 1.99. The molecule has 3 rings (SSSR count). The number of thiazole rings is 1. The van der Waals surface area contributed by atoms with Crippen molar-refractivity contribution < 1.29 is 28.2 Å². The van der Waals surface area contributed by atoms with Crippen molar-refractivity contribution in [3.8, 4) is 10.6 Å². The summed E-state index contributed by atoms with van der Waals surface area (Å²) in [6.07, 6.45) is -2.16. The van der Waals surface area contributed by atoms with E-state index in [4.69, 9.17) is 10.2 Å². The topological polar surface area (TPSA) is 120 Å². The number of alkyl halides is 3. The van der Waals surface area contributed by atoms with Crippen molar-refractivity contribution in [3.05, 3.63) is 30.0 Å². The molecule has 1 aromatic carbocycles. The van der Waals surface area contributed by atoms with E-state index in [9.17, 15) is 18.0 Å². The van der Waals surface area contributed by atoms with Gasteiger partial charge in [0, 0.05) is 12.5 Å². The number of fused-ring (bicyclic) bond motifs is 1. The van der Waals surface area contributed by atoms with Crippen molar-refractivity contribution in [1.82, 2.24) is 15.0 Å². The molecule has 8 nitrogen and oxygen atoms in total. The third-order valence-electron chi connectivity index (χ3n) is 4.57. The van der Waals surface area contributed by atoms with Gasteiger partial charge in [-0.2, -0.15) is 18.2 Å². The molecule has 0 amide bonds. The molecule has 0 spiro atoms. The maximum absolute atomic E-state index is 12.6. The summed E-state index contributed by atoms with van der Waals surface area (Å²) in [4.78, 5) is 24.2. The highest BCUT2D eigenvalue weighted by Gasteiger charge is 2.27. The van der Waals surface area contributed by atoms with Crippen molar-refractivity contribution in [2.24, 2.45) is 5.92 Å². The Hall–Kier alpha value is -2.83. The zero-order chi connectivity index (χ0) is 28.2. The van der Waals surface area contributed by atoms with Gasteiger partial charge in [0.15, 0.2) is 5.79 Å². The summed E-state index contributed by atoms with van der Waals surface area (Å²) in [6.45, 7) is 9.46. The lowest BCUT2D eigenvalue weighted by Crippen LogP contribution is -2.23. The number of rotatable bonds is 9. The van der Waals surface area contributed by atoms with Crippen LogP contribution in [0.2, 0.25) is 0 Å². The van der Waals surface area contributed by atoms with Gasteiger partial charge in [0.2, 0.25) is 5.95 Å². The molecule has 0 aliphatic rings. The molecule has 0 aliphatic heterocycles. The Kier molecular flexibility index (Phi) is 12.9. The van der Waals surface area contributed by atoms with Crippen LogP contribution in [0.25, 0.3) is 20.8 Å². The average molecular weight is 544 g/mol. The van der Waals surface area contributed by atoms with Gasteiger partial charge in [-0.25, -0.2) is 9.97 Å². The Labute approximate surface area is 219 Å². The standard InChI is InChI=1S/C20H22F3N5OS.C3H8O2.C2H6/c1-3-13(10-29)8-9-24-17-16(18-27-14-6-4-5-7-15(14)30-18)12(2)26-19(28-17)25-11-20(21,22)23;1-3(2,4)5;1-2/h4-7,10,13H,3,8-9,11H2,1-2H3,(H2,24,25,26,28);4-5H,1-2H3;1-2H3. The van der Waals surface area contributed by atoms with Crippen molar-refractivity contribution in [2.75, 3.05) is 23.7 Å². The second kappa shape index (κ2) is 14.8. The van der Waals surface area contributed by atoms with Crippen molar-refractivity contribution in [3.63, 3.8) is 0 Å². The summed E-state index contributed by atoms with van der Waals surface area (Å²) in [6, 6.07) is 7.66. The molecule has 1 atom stereocenters. The maximum Gasteiger partial charge on any atom is 0.405 e. The average Bonchev–Trinajstić information content (AvgIpc) is 3.24. The predicted molar refractivity (Wildman–Crippen MR) is 143 cm³/mol. The molecule has 2 aromatic heterocycles. The zero-order valence-corrected chi connectivity index (χ0v) is 22.8. The maximum atomic E-state index is 12.6. The van der Waals surface area contributed by atoms with Crippen LogP contribution in [0.3, 0.4) is 0 Å². The van der Waals surface area contributed by atoms with Crippen LogP contribution in [0, 0.1) is 12.8 Å². The van der Waals surface area contributed by atoms with Crippen molar-refractivity contribution in [2.45, 2.75) is 66.3 Å². The number of carbonyl (C=O) groups is 1. The minimum Gasteiger partial charge on any atom is -0.369 e. The van der Waals surface area contributed by atoms with E-state index in [2.05, 4.69) is 25.6 Å². The molecule has 4 N–H and O–H groups in total. The monoisotopic (exact) mass is 543 g/mol. The summed E-state index contributed by atoms with van der Waals surface area (Å²) in [5, 5.41) is 22.2. The van der Waals surface area contributed by atoms with Crippen LogP contribution >= 0.6 is 11.3 Å². The molecule has 0 radical (unpaired) electrons. The fourth-order valence-electron chi connectivity index (χ4n) is 2.94. The first kappa shape index (κ1) is 32.2. The van der Waals surface area contributed by atoms with Gasteiger partial charge >= 0.3 is 6.18 Å². The lowest BCUT2D eigenvalue weighted by molar-refractivity contribution is -0.127. The molecule has 0 saturated carbocycles. The molecule has 206 valence electrons. The summed E-state index contributed by atoms with van der Waals surface area (Å²) in [5.74, 6) is -1.30. The molecule has 0 aliphatic carbocycles. The third-order valence-corrected chi connectivity index (χ3v) is 5.62. The van der Waals surface area contributed by atoms with Crippen molar-refractivity contribution >= 4 is 39.6 Å². The van der Waals surface area contributed by atoms with E-state index >= 15 is 0 Å². The summed E-state index contributed by atoms with van der Waals surface area (Å²) < 4.78 is 38.8. The molecule has 37 heavy (non-hydrogen) atoms. The number of anilines is 2. The Morgan fingerprint density at radius 3 is 2.24 bits per heavy atom. The molecule has 0 fully saturated rings. The highest BCUT2D eigenvalue weighted by molar-refractivity contribution is 7.21. The van der Waals surface area contributed by atoms with E-state index in [0.717, 1.165) is 22.9 Å². The van der Waals surface area contributed by atoms with E-state index < -0.39 is 18.5 Å². The molecule has 12 heteroatoms. The smallest absolute Gasteiger partial charge is 0.369 e. The number of nitrogens with zero attached hydrogens (tertiary/aromatic N) is 3. The highest BCUT2D eigenvalue weighted by Crippen LogP contribution is 2.36. The number of nitrogens with one attached hydrogen (secondary N) is 2.